The lowest BCUT2D eigenvalue weighted by molar-refractivity contribution is 0.0350. The van der Waals surface area contributed by atoms with E-state index in [1.165, 1.54) is 11.3 Å². The van der Waals surface area contributed by atoms with Gasteiger partial charge >= 0.3 is 0 Å². The molecule has 6 nitrogen and oxygen atoms in total. The van der Waals surface area contributed by atoms with E-state index in [9.17, 15) is 4.79 Å². The first-order valence-electron chi connectivity index (χ1n) is 8.91. The molecular formula is C20H20N2O4S. The molecule has 0 unspecified atom stereocenters. The van der Waals surface area contributed by atoms with Crippen molar-refractivity contribution in [3.8, 4) is 33.7 Å². The Bertz CT molecular complexity index is 988. The maximum Gasteiger partial charge on any atom is 0.258 e. The third-order valence-corrected chi connectivity index (χ3v) is 5.99. The summed E-state index contributed by atoms with van der Waals surface area (Å²) in [5, 5.41) is 5.96. The zero-order valence-electron chi connectivity index (χ0n) is 15.4. The average Bonchev–Trinajstić information content (AvgIpc) is 3.36. The van der Waals surface area contributed by atoms with Crippen LogP contribution in [0.15, 0.2) is 34.2 Å². The summed E-state index contributed by atoms with van der Waals surface area (Å²) in [4.78, 5) is 18.0. The second-order valence-electron chi connectivity index (χ2n) is 6.54. The summed E-state index contributed by atoms with van der Waals surface area (Å²) < 4.78 is 16.9. The van der Waals surface area contributed by atoms with Crippen LogP contribution in [-0.2, 0) is 0 Å². The van der Waals surface area contributed by atoms with Crippen molar-refractivity contribution in [2.75, 3.05) is 7.11 Å². The predicted molar refractivity (Wildman–Crippen MR) is 102 cm³/mol. The van der Waals surface area contributed by atoms with Crippen molar-refractivity contribution in [3.63, 3.8) is 0 Å². The van der Waals surface area contributed by atoms with E-state index in [1.807, 2.05) is 23.6 Å². The van der Waals surface area contributed by atoms with Gasteiger partial charge in [-0.1, -0.05) is 19.0 Å². The highest BCUT2D eigenvalue weighted by Gasteiger charge is 2.37. The molecule has 1 aromatic carbocycles. The first-order chi connectivity index (χ1) is 13.1. The number of aromatic nitrogens is 2. The molecule has 0 saturated heterocycles. The van der Waals surface area contributed by atoms with Gasteiger partial charge in [0, 0.05) is 5.56 Å². The van der Waals surface area contributed by atoms with E-state index >= 15 is 0 Å². The van der Waals surface area contributed by atoms with Gasteiger partial charge in [0.2, 0.25) is 5.82 Å². The highest BCUT2D eigenvalue weighted by Crippen LogP contribution is 2.39. The van der Waals surface area contributed by atoms with E-state index < -0.39 is 5.60 Å². The van der Waals surface area contributed by atoms with Crippen LogP contribution in [0.2, 0.25) is 0 Å². The first-order valence-corrected chi connectivity index (χ1v) is 9.79. The lowest BCUT2D eigenvalue weighted by Gasteiger charge is -2.36. The predicted octanol–water partition coefficient (Wildman–Crippen LogP) is 5.00. The molecular weight excluding hydrogens is 364 g/mol. The molecule has 1 aliphatic heterocycles. The fourth-order valence-electron chi connectivity index (χ4n) is 3.33. The van der Waals surface area contributed by atoms with Crippen LogP contribution in [0.25, 0.3) is 22.2 Å². The summed E-state index contributed by atoms with van der Waals surface area (Å²) in [6.07, 6.45) is 1.98. The monoisotopic (exact) mass is 384 g/mol. The van der Waals surface area contributed by atoms with E-state index in [2.05, 4.69) is 24.0 Å². The minimum Gasteiger partial charge on any atom is -0.495 e. The zero-order chi connectivity index (χ0) is 19.0. The number of benzene rings is 1. The maximum atomic E-state index is 12.7. The third-order valence-electron chi connectivity index (χ3n) is 5.10. The number of Topliss-reactive ketones (excluding diaryl/α,β-unsaturated/α-hetero) is 1. The van der Waals surface area contributed by atoms with Crippen molar-refractivity contribution in [2.24, 2.45) is 0 Å². The number of hydrogen-bond acceptors (Lipinski definition) is 7. The molecule has 7 heteroatoms. The molecule has 2 aromatic heterocycles. The van der Waals surface area contributed by atoms with Crippen molar-refractivity contribution in [2.45, 2.75) is 38.7 Å². The Hall–Kier alpha value is -2.67. The van der Waals surface area contributed by atoms with E-state index in [-0.39, 0.29) is 5.78 Å². The Balaban J connectivity index is 1.68. The molecule has 1 aliphatic rings. The van der Waals surface area contributed by atoms with Crippen LogP contribution < -0.4 is 9.47 Å². The number of ketones is 1. The summed E-state index contributed by atoms with van der Waals surface area (Å²) in [5.74, 6) is 2.24. The van der Waals surface area contributed by atoms with E-state index in [1.54, 1.807) is 13.2 Å². The molecule has 3 aromatic rings. The van der Waals surface area contributed by atoms with Gasteiger partial charge in [-0.15, -0.1) is 11.3 Å². The SMILES string of the molecule is CCC1(CC)CC(=O)c2cc(-c3nc(-c4sccc4OC)no3)ccc2O1. The van der Waals surface area contributed by atoms with Crippen LogP contribution in [0.1, 0.15) is 43.5 Å². The number of thiophene rings is 1. The van der Waals surface area contributed by atoms with E-state index in [4.69, 9.17) is 14.0 Å². The molecule has 4 rings (SSSR count). The molecule has 0 bridgehead atoms. The minimum absolute atomic E-state index is 0.0847. The Kier molecular flexibility index (Phi) is 4.47. The normalized spacial score (nSPS) is 15.3. The van der Waals surface area contributed by atoms with Gasteiger partial charge in [-0.3, -0.25) is 4.79 Å². The Morgan fingerprint density at radius 3 is 2.81 bits per heavy atom. The second kappa shape index (κ2) is 6.81. The van der Waals surface area contributed by atoms with Gasteiger partial charge < -0.3 is 14.0 Å². The zero-order valence-corrected chi connectivity index (χ0v) is 16.3. The number of ether oxygens (including phenoxy) is 2. The van der Waals surface area contributed by atoms with Crippen LogP contribution in [0.3, 0.4) is 0 Å². The van der Waals surface area contributed by atoms with Gasteiger partial charge in [-0.25, -0.2) is 0 Å². The standard InChI is InChI=1S/C20H20N2O4S/c1-4-20(5-2)11-14(23)13-10-12(6-7-15(13)25-20)19-21-18(22-26-19)17-16(24-3)8-9-27-17/h6-10H,4-5,11H2,1-3H3. The Labute approximate surface area is 161 Å². The first kappa shape index (κ1) is 17.7. The largest absolute Gasteiger partial charge is 0.495 e. The van der Waals surface area contributed by atoms with Crippen molar-refractivity contribution in [3.05, 3.63) is 35.2 Å². The Morgan fingerprint density at radius 2 is 2.07 bits per heavy atom. The topological polar surface area (TPSA) is 74.5 Å². The lowest BCUT2D eigenvalue weighted by atomic mass is 9.85. The smallest absolute Gasteiger partial charge is 0.258 e. The quantitative estimate of drug-likeness (QED) is 0.616. The van der Waals surface area contributed by atoms with Crippen molar-refractivity contribution in [1.29, 1.82) is 0 Å². The summed E-state index contributed by atoms with van der Waals surface area (Å²) in [7, 11) is 1.61. The number of nitrogens with zero attached hydrogens (tertiary/aromatic N) is 2. The molecule has 0 saturated carbocycles. The number of fused-ring (bicyclic) bond motifs is 1. The molecule has 0 spiro atoms. The van der Waals surface area contributed by atoms with Gasteiger partial charge in [0.05, 0.1) is 19.1 Å². The minimum atomic E-state index is -0.404. The van der Waals surface area contributed by atoms with E-state index in [0.29, 0.717) is 40.8 Å². The van der Waals surface area contributed by atoms with E-state index in [0.717, 1.165) is 17.7 Å². The molecule has 27 heavy (non-hydrogen) atoms. The molecule has 0 N–H and O–H groups in total. The van der Waals surface area contributed by atoms with Gasteiger partial charge in [-0.05, 0) is 42.5 Å². The third kappa shape index (κ3) is 3.02. The van der Waals surface area contributed by atoms with Crippen molar-refractivity contribution >= 4 is 17.1 Å². The van der Waals surface area contributed by atoms with Gasteiger partial charge in [-0.2, -0.15) is 4.98 Å². The lowest BCUT2D eigenvalue weighted by Crippen LogP contribution is -2.40. The van der Waals surface area contributed by atoms with Crippen LogP contribution in [0, 0.1) is 0 Å². The highest BCUT2D eigenvalue weighted by atomic mass is 32.1. The second-order valence-corrected chi connectivity index (χ2v) is 7.46. The number of carbonyl (C=O) groups excluding carboxylic acids is 1. The van der Waals surface area contributed by atoms with Crippen LogP contribution in [0.4, 0.5) is 0 Å². The molecule has 0 fully saturated rings. The number of methoxy groups -OCH3 is 1. The van der Waals surface area contributed by atoms with Crippen LogP contribution in [0.5, 0.6) is 11.5 Å². The average molecular weight is 384 g/mol. The molecule has 0 aliphatic carbocycles. The molecule has 0 amide bonds. The fourth-order valence-corrected chi connectivity index (χ4v) is 4.11. The number of hydrogen-bond donors (Lipinski definition) is 0. The van der Waals surface area contributed by atoms with Crippen molar-refractivity contribution in [1.82, 2.24) is 10.1 Å². The molecule has 0 atom stereocenters. The highest BCUT2D eigenvalue weighted by molar-refractivity contribution is 7.13. The van der Waals surface area contributed by atoms with Crippen LogP contribution in [-0.4, -0.2) is 28.6 Å². The summed E-state index contributed by atoms with van der Waals surface area (Å²) in [6.45, 7) is 4.10. The van der Waals surface area contributed by atoms with Gasteiger partial charge in [0.1, 0.15) is 22.0 Å². The number of rotatable bonds is 5. The summed E-state index contributed by atoms with van der Waals surface area (Å²) in [5.41, 5.74) is 0.859. The molecule has 0 radical (unpaired) electrons. The van der Waals surface area contributed by atoms with Crippen LogP contribution >= 0.6 is 11.3 Å². The molecule has 3 heterocycles. The fraction of sp³-hybridized carbons (Fsp3) is 0.350. The van der Waals surface area contributed by atoms with Gasteiger partial charge in [0.25, 0.3) is 5.89 Å². The maximum absolute atomic E-state index is 12.7. The summed E-state index contributed by atoms with van der Waals surface area (Å²) in [6, 6.07) is 7.29. The van der Waals surface area contributed by atoms with Crippen molar-refractivity contribution < 1.29 is 18.8 Å². The van der Waals surface area contributed by atoms with Gasteiger partial charge in [0.15, 0.2) is 5.78 Å². The summed E-state index contributed by atoms with van der Waals surface area (Å²) >= 11 is 1.48. The Morgan fingerprint density at radius 1 is 1.26 bits per heavy atom. The number of carbonyl (C=O) groups is 1. The molecule has 140 valence electrons.